The van der Waals surface area contributed by atoms with E-state index in [1.54, 1.807) is 12.0 Å². The van der Waals surface area contributed by atoms with Gasteiger partial charge in [0.25, 0.3) is 5.91 Å². The highest BCUT2D eigenvalue weighted by atomic mass is 32.2. The Hall–Kier alpha value is -2.31. The molecule has 0 aliphatic carbocycles. The summed E-state index contributed by atoms with van der Waals surface area (Å²) in [4.78, 5) is 15.0. The van der Waals surface area contributed by atoms with Gasteiger partial charge in [-0.3, -0.25) is 9.69 Å². The number of nitrogens with zero attached hydrogens (tertiary/aromatic N) is 1. The lowest BCUT2D eigenvalue weighted by Crippen LogP contribution is -2.27. The van der Waals surface area contributed by atoms with Gasteiger partial charge in [-0.05, 0) is 55.3 Å². The second-order valence-electron chi connectivity index (χ2n) is 5.70. The van der Waals surface area contributed by atoms with Gasteiger partial charge in [0, 0.05) is 0 Å². The van der Waals surface area contributed by atoms with Crippen molar-refractivity contribution in [1.29, 1.82) is 0 Å². The first-order valence-corrected chi connectivity index (χ1v) is 9.41. The molecule has 0 aromatic heterocycles. The molecular weight excluding hydrogens is 366 g/mol. The van der Waals surface area contributed by atoms with Crippen LogP contribution in [0, 0.1) is 6.92 Å². The van der Waals surface area contributed by atoms with Crippen LogP contribution in [0.15, 0.2) is 47.4 Å². The van der Waals surface area contributed by atoms with Crippen LogP contribution in [0.1, 0.15) is 18.1 Å². The molecule has 1 heterocycles. The maximum atomic E-state index is 12.8. The fourth-order valence-electron chi connectivity index (χ4n) is 2.66. The molecule has 1 aliphatic rings. The highest BCUT2D eigenvalue weighted by Gasteiger charge is 2.33. The smallest absolute Gasteiger partial charge is 0.270 e. The van der Waals surface area contributed by atoms with Crippen LogP contribution in [0.25, 0.3) is 6.08 Å². The van der Waals surface area contributed by atoms with Crippen LogP contribution < -0.4 is 14.4 Å². The van der Waals surface area contributed by atoms with Crippen LogP contribution in [0.4, 0.5) is 5.69 Å². The molecule has 134 valence electrons. The van der Waals surface area contributed by atoms with E-state index in [2.05, 4.69) is 0 Å². The third-order valence-electron chi connectivity index (χ3n) is 3.84. The number of aryl methyl sites for hydroxylation is 1. The largest absolute Gasteiger partial charge is 0.493 e. The minimum Gasteiger partial charge on any atom is -0.493 e. The summed E-state index contributed by atoms with van der Waals surface area (Å²) in [5.74, 6) is 1.20. The molecule has 3 rings (SSSR count). The third kappa shape index (κ3) is 3.76. The summed E-state index contributed by atoms with van der Waals surface area (Å²) in [7, 11) is 1.60. The topological polar surface area (TPSA) is 38.8 Å². The second kappa shape index (κ2) is 7.93. The second-order valence-corrected chi connectivity index (χ2v) is 7.38. The minimum atomic E-state index is -0.113. The van der Waals surface area contributed by atoms with E-state index in [0.29, 0.717) is 27.3 Å². The molecule has 1 amide bonds. The van der Waals surface area contributed by atoms with E-state index in [1.807, 2.05) is 62.4 Å². The van der Waals surface area contributed by atoms with E-state index in [-0.39, 0.29) is 5.91 Å². The lowest BCUT2D eigenvalue weighted by Gasteiger charge is -2.14. The molecule has 1 fully saturated rings. The summed E-state index contributed by atoms with van der Waals surface area (Å²) in [5, 5.41) is 0. The SMILES string of the molecule is CCOc1ccc(/C=C2\SC(=S)N(c3cccc(C)c3)C2=O)cc1OC. The van der Waals surface area contributed by atoms with E-state index in [9.17, 15) is 4.79 Å². The molecule has 1 aliphatic heterocycles. The maximum absolute atomic E-state index is 12.8. The van der Waals surface area contributed by atoms with Crippen LogP contribution >= 0.6 is 24.0 Å². The first kappa shape index (κ1) is 18.5. The molecule has 6 heteroatoms. The fraction of sp³-hybridized carbons (Fsp3) is 0.200. The van der Waals surface area contributed by atoms with Crippen molar-refractivity contribution in [2.75, 3.05) is 18.6 Å². The van der Waals surface area contributed by atoms with Gasteiger partial charge in [-0.1, -0.05) is 42.2 Å². The van der Waals surface area contributed by atoms with E-state index in [1.165, 1.54) is 11.8 Å². The molecule has 0 atom stereocenters. The van der Waals surface area contributed by atoms with Crippen LogP contribution in [0.3, 0.4) is 0 Å². The summed E-state index contributed by atoms with van der Waals surface area (Å²) in [5.41, 5.74) is 2.73. The van der Waals surface area contributed by atoms with Crippen LogP contribution in [-0.4, -0.2) is 23.9 Å². The highest BCUT2D eigenvalue weighted by molar-refractivity contribution is 8.27. The van der Waals surface area contributed by atoms with Crippen molar-refractivity contribution < 1.29 is 14.3 Å². The van der Waals surface area contributed by atoms with Crippen molar-refractivity contribution in [2.24, 2.45) is 0 Å². The third-order valence-corrected chi connectivity index (χ3v) is 5.14. The van der Waals surface area contributed by atoms with Crippen molar-refractivity contribution in [3.63, 3.8) is 0 Å². The van der Waals surface area contributed by atoms with Crippen molar-refractivity contribution in [3.05, 3.63) is 58.5 Å². The number of amides is 1. The van der Waals surface area contributed by atoms with E-state index < -0.39 is 0 Å². The zero-order valence-electron chi connectivity index (χ0n) is 14.8. The number of ether oxygens (including phenoxy) is 2. The predicted octanol–water partition coefficient (Wildman–Crippen LogP) is 4.81. The molecule has 0 radical (unpaired) electrons. The number of carbonyl (C=O) groups excluding carboxylic acids is 1. The summed E-state index contributed by atoms with van der Waals surface area (Å²) >= 11 is 6.72. The molecule has 0 spiro atoms. The Kier molecular flexibility index (Phi) is 5.64. The fourth-order valence-corrected chi connectivity index (χ4v) is 3.96. The number of hydrogen-bond acceptors (Lipinski definition) is 5. The minimum absolute atomic E-state index is 0.113. The van der Waals surface area contributed by atoms with Gasteiger partial charge in [-0.2, -0.15) is 0 Å². The van der Waals surface area contributed by atoms with Gasteiger partial charge in [0.2, 0.25) is 0 Å². The van der Waals surface area contributed by atoms with Gasteiger partial charge >= 0.3 is 0 Å². The van der Waals surface area contributed by atoms with E-state index in [4.69, 9.17) is 21.7 Å². The van der Waals surface area contributed by atoms with Crippen molar-refractivity contribution in [1.82, 2.24) is 0 Å². The Morgan fingerprint density at radius 1 is 1.19 bits per heavy atom. The van der Waals surface area contributed by atoms with Gasteiger partial charge in [0.1, 0.15) is 0 Å². The first-order chi connectivity index (χ1) is 12.5. The first-order valence-electron chi connectivity index (χ1n) is 8.19. The lowest BCUT2D eigenvalue weighted by atomic mass is 10.1. The maximum Gasteiger partial charge on any atom is 0.270 e. The van der Waals surface area contributed by atoms with Crippen LogP contribution in [0.5, 0.6) is 11.5 Å². The summed E-state index contributed by atoms with van der Waals surface area (Å²) in [6.07, 6.45) is 1.83. The molecule has 0 N–H and O–H groups in total. The molecule has 26 heavy (non-hydrogen) atoms. The summed E-state index contributed by atoms with van der Waals surface area (Å²) in [6, 6.07) is 13.3. The molecule has 0 bridgehead atoms. The molecular formula is C20H19NO3S2. The Morgan fingerprint density at radius 2 is 2.00 bits per heavy atom. The molecule has 0 unspecified atom stereocenters. The zero-order valence-corrected chi connectivity index (χ0v) is 16.4. The van der Waals surface area contributed by atoms with Gasteiger partial charge in [0.15, 0.2) is 15.8 Å². The molecule has 4 nitrogen and oxygen atoms in total. The molecule has 0 saturated carbocycles. The lowest BCUT2D eigenvalue weighted by molar-refractivity contribution is -0.113. The van der Waals surface area contributed by atoms with Crippen molar-refractivity contribution in [3.8, 4) is 11.5 Å². The Morgan fingerprint density at radius 3 is 2.69 bits per heavy atom. The number of thiocarbonyl (C=S) groups is 1. The van der Waals surface area contributed by atoms with Crippen LogP contribution in [-0.2, 0) is 4.79 Å². The van der Waals surface area contributed by atoms with Gasteiger partial charge < -0.3 is 9.47 Å². The quantitative estimate of drug-likeness (QED) is 0.546. The number of rotatable bonds is 5. The average molecular weight is 386 g/mol. The van der Waals surface area contributed by atoms with Crippen molar-refractivity contribution >= 4 is 46.0 Å². The standard InChI is InChI=1S/C20H19NO3S2/c1-4-24-16-9-8-14(11-17(16)23-3)12-18-19(22)21(20(25)26-18)15-7-5-6-13(2)10-15/h5-12H,4H2,1-3H3/b18-12-. The molecule has 2 aromatic carbocycles. The number of thioether (sulfide) groups is 1. The molecule has 1 saturated heterocycles. The summed E-state index contributed by atoms with van der Waals surface area (Å²) in [6.45, 7) is 4.47. The summed E-state index contributed by atoms with van der Waals surface area (Å²) < 4.78 is 11.4. The Labute approximate surface area is 162 Å². The number of carbonyl (C=O) groups is 1. The molecule has 2 aromatic rings. The van der Waals surface area contributed by atoms with E-state index >= 15 is 0 Å². The predicted molar refractivity (Wildman–Crippen MR) is 111 cm³/mol. The average Bonchev–Trinajstić information content (AvgIpc) is 2.90. The number of hydrogen-bond donors (Lipinski definition) is 0. The van der Waals surface area contributed by atoms with Gasteiger partial charge in [-0.15, -0.1) is 0 Å². The van der Waals surface area contributed by atoms with Crippen LogP contribution in [0.2, 0.25) is 0 Å². The number of benzene rings is 2. The monoisotopic (exact) mass is 385 g/mol. The normalized spacial score (nSPS) is 15.7. The number of anilines is 1. The Bertz CT molecular complexity index is 892. The van der Waals surface area contributed by atoms with E-state index in [0.717, 1.165) is 16.8 Å². The highest BCUT2D eigenvalue weighted by Crippen LogP contribution is 2.37. The number of methoxy groups -OCH3 is 1. The Balaban J connectivity index is 1.90. The van der Waals surface area contributed by atoms with Gasteiger partial charge in [0.05, 0.1) is 24.3 Å². The van der Waals surface area contributed by atoms with Crippen molar-refractivity contribution in [2.45, 2.75) is 13.8 Å². The zero-order chi connectivity index (χ0) is 18.7. The van der Waals surface area contributed by atoms with Gasteiger partial charge in [-0.25, -0.2) is 0 Å².